The number of ether oxygens (including phenoxy) is 1. The van der Waals surface area contributed by atoms with Gasteiger partial charge in [-0.2, -0.15) is 4.31 Å². The number of anilines is 1. The number of fused-ring (bicyclic) bond motifs is 1. The molecule has 2 aliphatic heterocycles. The number of amides is 1. The monoisotopic (exact) mass is 464 g/mol. The molecule has 2 heterocycles. The van der Waals surface area contributed by atoms with Crippen molar-refractivity contribution in [1.82, 2.24) is 4.31 Å². The lowest BCUT2D eigenvalue weighted by Gasteiger charge is -2.29. The van der Waals surface area contributed by atoms with Crippen LogP contribution in [0, 0.1) is 5.41 Å². The molecule has 0 atom stereocenters. The lowest BCUT2D eigenvalue weighted by molar-refractivity contribution is -0.123. The second-order valence-electron chi connectivity index (χ2n) is 8.40. The van der Waals surface area contributed by atoms with Crippen molar-refractivity contribution in [2.45, 2.75) is 31.7 Å². The van der Waals surface area contributed by atoms with Gasteiger partial charge in [-0.3, -0.25) is 4.79 Å². The van der Waals surface area contributed by atoms with Crippen molar-refractivity contribution >= 4 is 31.6 Å². The van der Waals surface area contributed by atoms with Crippen LogP contribution in [0.25, 0.3) is 0 Å². The predicted octanol–water partition coefficient (Wildman–Crippen LogP) is 2.14. The van der Waals surface area contributed by atoms with Crippen molar-refractivity contribution in [3.05, 3.63) is 53.6 Å². The first-order chi connectivity index (χ1) is 14.5. The van der Waals surface area contributed by atoms with Gasteiger partial charge in [0.1, 0.15) is 10.6 Å². The Morgan fingerprint density at radius 3 is 2.35 bits per heavy atom. The largest absolute Gasteiger partial charge is 0.495 e. The van der Waals surface area contributed by atoms with Gasteiger partial charge in [0.05, 0.1) is 24.0 Å². The molecule has 0 aromatic heterocycles. The zero-order chi connectivity index (χ0) is 22.6. The average molecular weight is 465 g/mol. The molecule has 0 saturated carbocycles. The number of benzene rings is 2. The fourth-order valence-corrected chi connectivity index (χ4v) is 7.76. The van der Waals surface area contributed by atoms with Gasteiger partial charge < -0.3 is 4.74 Å². The maximum absolute atomic E-state index is 13.5. The van der Waals surface area contributed by atoms with Crippen LogP contribution in [0.15, 0.2) is 47.4 Å². The first-order valence-electron chi connectivity index (χ1n) is 9.80. The fourth-order valence-electron chi connectivity index (χ4n) is 4.07. The summed E-state index contributed by atoms with van der Waals surface area (Å²) in [6.45, 7) is 3.61. The van der Waals surface area contributed by atoms with E-state index < -0.39 is 31.4 Å². The van der Waals surface area contributed by atoms with Crippen LogP contribution in [-0.4, -0.2) is 46.5 Å². The standard InChI is InChI=1S/C21H24N2O6S2/c1-21(2)14-30(25,26)23(20(21)24)17-8-9-18(29-3)19(12-17)31(27,28)22-11-10-15-6-4-5-7-16(15)13-22/h4-9,12H,10-11,13-14H2,1-3H3. The van der Waals surface area contributed by atoms with Crippen LogP contribution in [-0.2, 0) is 37.8 Å². The van der Waals surface area contributed by atoms with Crippen LogP contribution >= 0.6 is 0 Å². The highest BCUT2D eigenvalue weighted by Gasteiger charge is 2.50. The molecule has 0 aliphatic carbocycles. The molecule has 31 heavy (non-hydrogen) atoms. The van der Waals surface area contributed by atoms with E-state index in [0.717, 1.165) is 11.1 Å². The minimum Gasteiger partial charge on any atom is -0.495 e. The molecule has 0 unspecified atom stereocenters. The van der Waals surface area contributed by atoms with Crippen LogP contribution in [0.4, 0.5) is 5.69 Å². The summed E-state index contributed by atoms with van der Waals surface area (Å²) in [5.74, 6) is -0.839. The predicted molar refractivity (Wildman–Crippen MR) is 116 cm³/mol. The molecule has 8 nitrogen and oxygen atoms in total. The summed E-state index contributed by atoms with van der Waals surface area (Å²) in [7, 11) is -6.57. The summed E-state index contributed by atoms with van der Waals surface area (Å²) in [6.07, 6.45) is 0.574. The Hall–Kier alpha value is -2.43. The van der Waals surface area contributed by atoms with Crippen LogP contribution in [0.1, 0.15) is 25.0 Å². The smallest absolute Gasteiger partial charge is 0.247 e. The molecule has 0 radical (unpaired) electrons. The quantitative estimate of drug-likeness (QED) is 0.687. The molecule has 1 fully saturated rings. The van der Waals surface area contributed by atoms with Gasteiger partial charge >= 0.3 is 0 Å². The Kier molecular flexibility index (Phi) is 5.14. The fraction of sp³-hybridized carbons (Fsp3) is 0.381. The van der Waals surface area contributed by atoms with Crippen LogP contribution in [0.2, 0.25) is 0 Å². The molecule has 10 heteroatoms. The number of hydrogen-bond acceptors (Lipinski definition) is 6. The van der Waals surface area contributed by atoms with Crippen LogP contribution in [0.3, 0.4) is 0 Å². The van der Waals surface area contributed by atoms with Crippen molar-refractivity contribution in [3.8, 4) is 5.75 Å². The zero-order valence-electron chi connectivity index (χ0n) is 17.5. The molecule has 2 aromatic rings. The van der Waals surface area contributed by atoms with Gasteiger partial charge in [-0.15, -0.1) is 0 Å². The molecule has 2 aliphatic rings. The van der Waals surface area contributed by atoms with Crippen molar-refractivity contribution < 1.29 is 26.4 Å². The third-order valence-electron chi connectivity index (χ3n) is 5.68. The summed E-state index contributed by atoms with van der Waals surface area (Å²) in [4.78, 5) is 12.6. The van der Waals surface area contributed by atoms with E-state index in [1.165, 1.54) is 29.6 Å². The Morgan fingerprint density at radius 1 is 1.06 bits per heavy atom. The Bertz CT molecular complexity index is 1270. The number of sulfonamides is 2. The van der Waals surface area contributed by atoms with E-state index in [1.807, 2.05) is 24.3 Å². The van der Waals surface area contributed by atoms with Crippen molar-refractivity contribution in [1.29, 1.82) is 0 Å². The van der Waals surface area contributed by atoms with Crippen LogP contribution < -0.4 is 9.04 Å². The number of nitrogens with zero attached hydrogens (tertiary/aromatic N) is 2. The lowest BCUT2D eigenvalue weighted by atomic mass is 9.95. The van der Waals surface area contributed by atoms with E-state index in [-0.39, 0.29) is 28.6 Å². The first kappa shape index (κ1) is 21.8. The molecule has 1 amide bonds. The van der Waals surface area contributed by atoms with E-state index in [1.54, 1.807) is 13.8 Å². The average Bonchev–Trinajstić information content (AvgIpc) is 2.89. The third kappa shape index (κ3) is 3.62. The summed E-state index contributed by atoms with van der Waals surface area (Å²) in [5, 5.41) is 0. The minimum absolute atomic E-state index is 0.00707. The molecule has 4 rings (SSSR count). The highest BCUT2D eigenvalue weighted by Crippen LogP contribution is 2.39. The van der Waals surface area contributed by atoms with Crippen molar-refractivity contribution in [2.24, 2.45) is 5.41 Å². The summed E-state index contributed by atoms with van der Waals surface area (Å²) < 4.78 is 59.7. The summed E-state index contributed by atoms with van der Waals surface area (Å²) >= 11 is 0. The lowest BCUT2D eigenvalue weighted by Crippen LogP contribution is -2.36. The van der Waals surface area contributed by atoms with E-state index >= 15 is 0 Å². The SMILES string of the molecule is COc1ccc(N2C(=O)C(C)(C)CS2(=O)=O)cc1S(=O)(=O)N1CCc2ccccc2C1. The maximum atomic E-state index is 13.5. The second kappa shape index (κ2) is 7.32. The van der Waals surface area contributed by atoms with Gasteiger partial charge in [-0.05, 0) is 49.6 Å². The number of rotatable bonds is 4. The maximum Gasteiger partial charge on any atom is 0.247 e. The van der Waals surface area contributed by atoms with E-state index in [0.29, 0.717) is 17.3 Å². The first-order valence-corrected chi connectivity index (χ1v) is 12.8. The molecular weight excluding hydrogens is 440 g/mol. The highest BCUT2D eigenvalue weighted by molar-refractivity contribution is 7.94. The minimum atomic E-state index is -4.01. The number of carbonyl (C=O) groups is 1. The zero-order valence-corrected chi connectivity index (χ0v) is 19.2. The molecule has 0 N–H and O–H groups in total. The van der Waals surface area contributed by atoms with Crippen molar-refractivity contribution in [2.75, 3.05) is 23.7 Å². The van der Waals surface area contributed by atoms with Gasteiger partial charge in [-0.1, -0.05) is 24.3 Å². The van der Waals surface area contributed by atoms with Gasteiger partial charge in [0, 0.05) is 13.1 Å². The van der Waals surface area contributed by atoms with E-state index in [9.17, 15) is 21.6 Å². The highest BCUT2D eigenvalue weighted by atomic mass is 32.2. The second-order valence-corrected chi connectivity index (χ2v) is 12.1. The Balaban J connectivity index is 1.78. The molecule has 166 valence electrons. The summed E-state index contributed by atoms with van der Waals surface area (Å²) in [6, 6.07) is 11.6. The Morgan fingerprint density at radius 2 is 1.74 bits per heavy atom. The molecule has 1 saturated heterocycles. The number of carbonyl (C=O) groups excluding carboxylic acids is 1. The van der Waals surface area contributed by atoms with E-state index in [2.05, 4.69) is 0 Å². The van der Waals surface area contributed by atoms with Gasteiger partial charge in [0.25, 0.3) is 0 Å². The third-order valence-corrected chi connectivity index (χ3v) is 9.57. The number of methoxy groups -OCH3 is 1. The van der Waals surface area contributed by atoms with E-state index in [4.69, 9.17) is 4.74 Å². The van der Waals surface area contributed by atoms with Crippen molar-refractivity contribution in [3.63, 3.8) is 0 Å². The van der Waals surface area contributed by atoms with Crippen LogP contribution in [0.5, 0.6) is 5.75 Å². The molecule has 2 aromatic carbocycles. The van der Waals surface area contributed by atoms with Gasteiger partial charge in [0.2, 0.25) is 26.0 Å². The molecular formula is C21H24N2O6S2. The Labute approximate surface area is 182 Å². The van der Waals surface area contributed by atoms with Gasteiger partial charge in [-0.25, -0.2) is 21.1 Å². The topological polar surface area (TPSA) is 101 Å². The molecule has 0 spiro atoms. The molecule has 0 bridgehead atoms. The summed E-state index contributed by atoms with van der Waals surface area (Å²) in [5.41, 5.74) is 0.929. The van der Waals surface area contributed by atoms with Gasteiger partial charge in [0.15, 0.2) is 0 Å². The number of hydrogen-bond donors (Lipinski definition) is 0. The normalized spacial score (nSPS) is 20.5.